The third-order valence-corrected chi connectivity index (χ3v) is 3.69. The summed E-state index contributed by atoms with van der Waals surface area (Å²) in [5.74, 6) is 0.818. The standard InChI is InChI=1S/C10H19N3O2S/c1-16-7-6-12-9(14)10(8(11)13-15)4-2-3-5-10/h15H,2-7H2,1H3,(H2,11,13)(H,12,14). The van der Waals surface area contributed by atoms with Gasteiger partial charge in [0.05, 0.1) is 0 Å². The van der Waals surface area contributed by atoms with Crippen molar-refractivity contribution in [2.45, 2.75) is 25.7 Å². The zero-order chi connectivity index (χ0) is 12.0. The first-order chi connectivity index (χ1) is 7.67. The van der Waals surface area contributed by atoms with Crippen LogP contribution in [0.4, 0.5) is 0 Å². The van der Waals surface area contributed by atoms with Gasteiger partial charge in [0, 0.05) is 12.3 Å². The van der Waals surface area contributed by atoms with Crippen molar-refractivity contribution < 1.29 is 10.0 Å². The number of carbonyl (C=O) groups excluding carboxylic acids is 1. The van der Waals surface area contributed by atoms with E-state index in [0.29, 0.717) is 19.4 Å². The highest BCUT2D eigenvalue weighted by atomic mass is 32.2. The number of oxime groups is 1. The van der Waals surface area contributed by atoms with Gasteiger partial charge in [0.1, 0.15) is 5.41 Å². The van der Waals surface area contributed by atoms with Crippen LogP contribution in [0.15, 0.2) is 5.16 Å². The van der Waals surface area contributed by atoms with Gasteiger partial charge < -0.3 is 16.3 Å². The van der Waals surface area contributed by atoms with Gasteiger partial charge in [-0.2, -0.15) is 11.8 Å². The van der Waals surface area contributed by atoms with Crippen LogP contribution in [0.1, 0.15) is 25.7 Å². The van der Waals surface area contributed by atoms with E-state index in [1.807, 2.05) is 6.26 Å². The molecule has 1 aliphatic rings. The molecule has 6 heteroatoms. The van der Waals surface area contributed by atoms with Crippen LogP contribution in [-0.4, -0.2) is 35.5 Å². The highest BCUT2D eigenvalue weighted by Gasteiger charge is 2.45. The van der Waals surface area contributed by atoms with Crippen LogP contribution in [0.3, 0.4) is 0 Å². The van der Waals surface area contributed by atoms with Crippen LogP contribution < -0.4 is 11.1 Å². The van der Waals surface area contributed by atoms with Crippen molar-refractivity contribution in [2.75, 3.05) is 18.6 Å². The molecule has 1 amide bonds. The molecule has 0 atom stereocenters. The number of hydrogen-bond donors (Lipinski definition) is 3. The molecular formula is C10H19N3O2S. The minimum atomic E-state index is -0.771. The highest BCUT2D eigenvalue weighted by molar-refractivity contribution is 7.98. The molecule has 0 aliphatic heterocycles. The van der Waals surface area contributed by atoms with Crippen molar-refractivity contribution in [3.63, 3.8) is 0 Å². The summed E-state index contributed by atoms with van der Waals surface area (Å²) in [6.45, 7) is 0.625. The SMILES string of the molecule is CSCCNC(=O)C1(C(N)=NO)CCCC1. The van der Waals surface area contributed by atoms with E-state index in [-0.39, 0.29) is 11.7 Å². The Morgan fingerprint density at radius 2 is 2.19 bits per heavy atom. The first-order valence-electron chi connectivity index (χ1n) is 5.42. The molecular weight excluding hydrogens is 226 g/mol. The molecule has 0 radical (unpaired) electrons. The van der Waals surface area contributed by atoms with E-state index < -0.39 is 5.41 Å². The van der Waals surface area contributed by atoms with E-state index in [9.17, 15) is 4.79 Å². The molecule has 0 unspecified atom stereocenters. The summed E-state index contributed by atoms with van der Waals surface area (Å²) in [5.41, 5.74) is 4.88. The summed E-state index contributed by atoms with van der Waals surface area (Å²) in [6.07, 6.45) is 5.24. The number of amidine groups is 1. The first kappa shape index (κ1) is 13.2. The summed E-state index contributed by atoms with van der Waals surface area (Å²) >= 11 is 1.67. The number of nitrogens with two attached hydrogens (primary N) is 1. The van der Waals surface area contributed by atoms with E-state index in [1.54, 1.807) is 11.8 Å². The Kier molecular flexibility index (Phi) is 4.92. The van der Waals surface area contributed by atoms with Crippen molar-refractivity contribution in [3.8, 4) is 0 Å². The monoisotopic (exact) mass is 245 g/mol. The summed E-state index contributed by atoms with van der Waals surface area (Å²) < 4.78 is 0. The summed E-state index contributed by atoms with van der Waals surface area (Å²) in [4.78, 5) is 12.1. The second-order valence-electron chi connectivity index (χ2n) is 4.02. The third-order valence-electron chi connectivity index (χ3n) is 3.08. The fourth-order valence-electron chi connectivity index (χ4n) is 2.11. The summed E-state index contributed by atoms with van der Waals surface area (Å²) in [6, 6.07) is 0. The Hall–Kier alpha value is -0.910. The normalized spacial score (nSPS) is 19.7. The minimum absolute atomic E-state index is 0.0478. The Morgan fingerprint density at radius 1 is 1.56 bits per heavy atom. The Morgan fingerprint density at radius 3 is 2.69 bits per heavy atom. The quantitative estimate of drug-likeness (QED) is 0.219. The molecule has 0 bridgehead atoms. The van der Waals surface area contributed by atoms with Crippen molar-refractivity contribution in [3.05, 3.63) is 0 Å². The summed E-state index contributed by atoms with van der Waals surface area (Å²) in [5, 5.41) is 14.6. The number of amides is 1. The molecule has 0 spiro atoms. The van der Waals surface area contributed by atoms with Gasteiger partial charge in [-0.25, -0.2) is 0 Å². The van der Waals surface area contributed by atoms with Crippen LogP contribution in [0, 0.1) is 5.41 Å². The molecule has 5 nitrogen and oxygen atoms in total. The molecule has 0 aromatic carbocycles. The average Bonchev–Trinajstić information content (AvgIpc) is 2.78. The smallest absolute Gasteiger partial charge is 0.233 e. The van der Waals surface area contributed by atoms with Crippen LogP contribution in [0.5, 0.6) is 0 Å². The van der Waals surface area contributed by atoms with Crippen LogP contribution in [0.2, 0.25) is 0 Å². The molecule has 16 heavy (non-hydrogen) atoms. The van der Waals surface area contributed by atoms with Crippen molar-refractivity contribution in [2.24, 2.45) is 16.3 Å². The topological polar surface area (TPSA) is 87.7 Å². The number of nitrogens with one attached hydrogen (secondary N) is 1. The van der Waals surface area contributed by atoms with E-state index in [0.717, 1.165) is 18.6 Å². The van der Waals surface area contributed by atoms with Crippen LogP contribution in [0.25, 0.3) is 0 Å². The van der Waals surface area contributed by atoms with Gasteiger partial charge in [-0.3, -0.25) is 4.79 Å². The number of thioether (sulfide) groups is 1. The van der Waals surface area contributed by atoms with E-state index >= 15 is 0 Å². The molecule has 0 aromatic rings. The van der Waals surface area contributed by atoms with Crippen molar-refractivity contribution in [1.82, 2.24) is 5.32 Å². The lowest BCUT2D eigenvalue weighted by molar-refractivity contribution is -0.127. The molecule has 0 heterocycles. The number of rotatable bonds is 5. The van der Waals surface area contributed by atoms with Gasteiger partial charge in [0.2, 0.25) is 5.91 Å². The predicted molar refractivity (Wildman–Crippen MR) is 65.7 cm³/mol. The lowest BCUT2D eigenvalue weighted by Crippen LogP contribution is -2.48. The maximum atomic E-state index is 12.1. The van der Waals surface area contributed by atoms with Gasteiger partial charge >= 0.3 is 0 Å². The average molecular weight is 245 g/mol. The maximum Gasteiger partial charge on any atom is 0.233 e. The molecule has 0 saturated heterocycles. The minimum Gasteiger partial charge on any atom is -0.409 e. The van der Waals surface area contributed by atoms with Gasteiger partial charge in [0.15, 0.2) is 5.84 Å². The third kappa shape index (κ3) is 2.61. The molecule has 92 valence electrons. The maximum absolute atomic E-state index is 12.1. The van der Waals surface area contributed by atoms with Crippen LogP contribution in [-0.2, 0) is 4.79 Å². The zero-order valence-electron chi connectivity index (χ0n) is 9.53. The molecule has 1 aliphatic carbocycles. The second kappa shape index (κ2) is 5.98. The largest absolute Gasteiger partial charge is 0.409 e. The van der Waals surface area contributed by atoms with Crippen molar-refractivity contribution >= 4 is 23.5 Å². The Labute approximate surface area is 99.8 Å². The van der Waals surface area contributed by atoms with Gasteiger partial charge in [-0.15, -0.1) is 0 Å². The highest BCUT2D eigenvalue weighted by Crippen LogP contribution is 2.38. The lowest BCUT2D eigenvalue weighted by Gasteiger charge is -2.25. The predicted octanol–water partition coefficient (Wildman–Crippen LogP) is 0.772. The fourth-order valence-corrected chi connectivity index (χ4v) is 2.42. The van der Waals surface area contributed by atoms with Crippen molar-refractivity contribution in [1.29, 1.82) is 0 Å². The van der Waals surface area contributed by atoms with E-state index in [2.05, 4.69) is 10.5 Å². The second-order valence-corrected chi connectivity index (χ2v) is 5.01. The molecule has 1 rings (SSSR count). The zero-order valence-corrected chi connectivity index (χ0v) is 10.3. The number of hydrogen-bond acceptors (Lipinski definition) is 4. The van der Waals surface area contributed by atoms with E-state index in [4.69, 9.17) is 10.9 Å². The molecule has 1 saturated carbocycles. The lowest BCUT2D eigenvalue weighted by atomic mass is 9.84. The Balaban J connectivity index is 2.66. The molecule has 4 N–H and O–H groups in total. The first-order valence-corrected chi connectivity index (χ1v) is 6.82. The fraction of sp³-hybridized carbons (Fsp3) is 0.800. The van der Waals surface area contributed by atoms with Gasteiger partial charge in [-0.1, -0.05) is 18.0 Å². The van der Waals surface area contributed by atoms with Gasteiger partial charge in [-0.05, 0) is 19.1 Å². The molecule has 0 aromatic heterocycles. The molecule has 1 fully saturated rings. The summed E-state index contributed by atoms with van der Waals surface area (Å²) in [7, 11) is 0. The number of nitrogens with zero attached hydrogens (tertiary/aromatic N) is 1. The van der Waals surface area contributed by atoms with Gasteiger partial charge in [0.25, 0.3) is 0 Å². The number of carbonyl (C=O) groups is 1. The Bertz CT molecular complexity index is 275. The van der Waals surface area contributed by atoms with E-state index in [1.165, 1.54) is 0 Å². The van der Waals surface area contributed by atoms with Crippen LogP contribution >= 0.6 is 11.8 Å².